The van der Waals surface area contributed by atoms with E-state index in [0.717, 1.165) is 24.2 Å². The number of hydrogen-bond donors (Lipinski definition) is 0. The Labute approximate surface area is 101 Å². The minimum atomic E-state index is -0.954. The summed E-state index contributed by atoms with van der Waals surface area (Å²) >= 11 is 1.39. The fraction of sp³-hybridized carbons (Fsp3) is 0.462. The second-order valence-corrected chi connectivity index (χ2v) is 5.01. The molecule has 2 nitrogen and oxygen atoms in total. The lowest BCUT2D eigenvalue weighted by Gasteiger charge is -2.17. The number of carboxylic acids is 1. The highest BCUT2D eigenvalue weighted by atomic mass is 32.2. The number of carboxylic acid groups (broad SMARTS) is 1. The first-order chi connectivity index (χ1) is 7.74. The van der Waals surface area contributed by atoms with Crippen molar-refractivity contribution in [3.63, 3.8) is 0 Å². The predicted molar refractivity (Wildman–Crippen MR) is 65.2 cm³/mol. The van der Waals surface area contributed by atoms with Crippen molar-refractivity contribution >= 4 is 17.7 Å². The van der Waals surface area contributed by atoms with Crippen LogP contribution >= 0.6 is 11.8 Å². The Bertz CT molecular complexity index is 311. The van der Waals surface area contributed by atoms with Gasteiger partial charge in [0, 0.05) is 10.1 Å². The van der Waals surface area contributed by atoms with E-state index in [4.69, 9.17) is 0 Å². The monoisotopic (exact) mass is 237 g/mol. The summed E-state index contributed by atoms with van der Waals surface area (Å²) in [7, 11) is 0. The van der Waals surface area contributed by atoms with Crippen LogP contribution in [0, 0.1) is 0 Å². The van der Waals surface area contributed by atoms with Gasteiger partial charge in [0.2, 0.25) is 0 Å². The van der Waals surface area contributed by atoms with Crippen molar-refractivity contribution in [1.82, 2.24) is 0 Å². The van der Waals surface area contributed by atoms with Gasteiger partial charge in [0.05, 0.1) is 5.97 Å². The third-order valence-electron chi connectivity index (χ3n) is 2.35. The molecular weight excluding hydrogens is 220 g/mol. The molecular formula is C13H17O2S-. The first kappa shape index (κ1) is 13.1. The normalized spacial score (nSPS) is 12.3. The largest absolute Gasteiger partial charge is 0.549 e. The summed E-state index contributed by atoms with van der Waals surface area (Å²) in [6, 6.07) is 9.62. The summed E-state index contributed by atoms with van der Waals surface area (Å²) in [5.41, 5.74) is 0. The van der Waals surface area contributed by atoms with E-state index in [1.807, 2.05) is 30.3 Å². The number of thioether (sulfide) groups is 1. The molecule has 0 aliphatic carbocycles. The quantitative estimate of drug-likeness (QED) is 0.540. The molecule has 16 heavy (non-hydrogen) atoms. The van der Waals surface area contributed by atoms with E-state index in [0.29, 0.717) is 6.42 Å². The first-order valence-corrected chi connectivity index (χ1v) is 6.54. The zero-order chi connectivity index (χ0) is 11.8. The van der Waals surface area contributed by atoms with Crippen molar-refractivity contribution in [2.24, 2.45) is 0 Å². The van der Waals surface area contributed by atoms with Gasteiger partial charge in [-0.05, 0) is 18.6 Å². The summed E-state index contributed by atoms with van der Waals surface area (Å²) in [4.78, 5) is 12.0. The number of carbonyl (C=O) groups excluding carboxylic acids is 1. The van der Waals surface area contributed by atoms with Crippen LogP contribution in [0.25, 0.3) is 0 Å². The molecule has 0 saturated heterocycles. The number of unbranched alkanes of at least 4 members (excludes halogenated alkanes) is 2. The topological polar surface area (TPSA) is 40.1 Å². The van der Waals surface area contributed by atoms with Crippen LogP contribution in [0.15, 0.2) is 35.2 Å². The third-order valence-corrected chi connectivity index (χ3v) is 3.61. The molecule has 1 aromatic carbocycles. The van der Waals surface area contributed by atoms with Crippen molar-refractivity contribution in [2.75, 3.05) is 0 Å². The van der Waals surface area contributed by atoms with Gasteiger partial charge < -0.3 is 9.90 Å². The average molecular weight is 237 g/mol. The van der Waals surface area contributed by atoms with Crippen LogP contribution < -0.4 is 5.11 Å². The maximum Gasteiger partial charge on any atom is 0.0548 e. The Hall–Kier alpha value is -0.960. The predicted octanol–water partition coefficient (Wildman–Crippen LogP) is 2.48. The highest BCUT2D eigenvalue weighted by Crippen LogP contribution is 2.26. The Kier molecular flexibility index (Phi) is 6.01. The molecule has 1 aromatic rings. The van der Waals surface area contributed by atoms with Gasteiger partial charge in [-0.2, -0.15) is 0 Å². The van der Waals surface area contributed by atoms with E-state index < -0.39 is 11.2 Å². The van der Waals surface area contributed by atoms with Crippen molar-refractivity contribution in [3.05, 3.63) is 30.3 Å². The van der Waals surface area contributed by atoms with Crippen LogP contribution in [-0.4, -0.2) is 11.2 Å². The van der Waals surface area contributed by atoms with Gasteiger partial charge in [0.1, 0.15) is 0 Å². The fourth-order valence-corrected chi connectivity index (χ4v) is 2.49. The van der Waals surface area contributed by atoms with Gasteiger partial charge in [-0.1, -0.05) is 44.4 Å². The Morgan fingerprint density at radius 3 is 2.56 bits per heavy atom. The number of hydrogen-bond acceptors (Lipinski definition) is 3. The van der Waals surface area contributed by atoms with Crippen LogP contribution in [0.1, 0.15) is 32.6 Å². The standard InChI is InChI=1S/C13H18O2S/c1-2-3-5-10-12(13(14)15)16-11-8-6-4-7-9-11/h4,6-9,12H,2-3,5,10H2,1H3,(H,14,15)/p-1. The highest BCUT2D eigenvalue weighted by molar-refractivity contribution is 8.00. The molecule has 0 aliphatic rings. The summed E-state index contributed by atoms with van der Waals surface area (Å²) in [6.45, 7) is 2.11. The van der Waals surface area contributed by atoms with Crippen LogP contribution in [0.5, 0.6) is 0 Å². The van der Waals surface area contributed by atoms with Gasteiger partial charge in [-0.3, -0.25) is 0 Å². The second-order valence-electron chi connectivity index (χ2n) is 3.73. The zero-order valence-corrected chi connectivity index (χ0v) is 10.3. The summed E-state index contributed by atoms with van der Waals surface area (Å²) in [6.07, 6.45) is 3.83. The molecule has 0 fully saturated rings. The minimum absolute atomic E-state index is 0.422. The SMILES string of the molecule is CCCCCC(Sc1ccccc1)C(=O)[O-]. The smallest absolute Gasteiger partial charge is 0.0548 e. The Morgan fingerprint density at radius 1 is 1.31 bits per heavy atom. The van der Waals surface area contributed by atoms with E-state index in [9.17, 15) is 9.90 Å². The third kappa shape index (κ3) is 4.71. The number of carbonyl (C=O) groups is 1. The number of benzene rings is 1. The van der Waals surface area contributed by atoms with Crippen LogP contribution in [-0.2, 0) is 4.79 Å². The molecule has 0 heterocycles. The molecule has 0 saturated carbocycles. The van der Waals surface area contributed by atoms with Crippen LogP contribution in [0.3, 0.4) is 0 Å². The maximum atomic E-state index is 11.0. The molecule has 1 atom stereocenters. The van der Waals surface area contributed by atoms with Crippen molar-refractivity contribution in [1.29, 1.82) is 0 Å². The van der Waals surface area contributed by atoms with E-state index in [2.05, 4.69) is 6.92 Å². The van der Waals surface area contributed by atoms with Crippen molar-refractivity contribution in [3.8, 4) is 0 Å². The van der Waals surface area contributed by atoms with E-state index in [1.165, 1.54) is 11.8 Å². The average Bonchev–Trinajstić information content (AvgIpc) is 2.29. The first-order valence-electron chi connectivity index (χ1n) is 5.66. The second kappa shape index (κ2) is 7.34. The molecule has 1 rings (SSSR count). The van der Waals surface area contributed by atoms with Crippen molar-refractivity contribution in [2.45, 2.75) is 42.8 Å². The molecule has 1 unspecified atom stereocenters. The molecule has 3 heteroatoms. The zero-order valence-electron chi connectivity index (χ0n) is 9.52. The molecule has 0 amide bonds. The summed E-state index contributed by atoms with van der Waals surface area (Å²) in [5.74, 6) is -0.954. The highest BCUT2D eigenvalue weighted by Gasteiger charge is 2.10. The van der Waals surface area contributed by atoms with Gasteiger partial charge in [-0.15, -0.1) is 11.8 Å². The summed E-state index contributed by atoms with van der Waals surface area (Å²) in [5, 5.41) is 10.5. The van der Waals surface area contributed by atoms with Crippen LogP contribution in [0.2, 0.25) is 0 Å². The molecule has 0 radical (unpaired) electrons. The lowest BCUT2D eigenvalue weighted by Crippen LogP contribution is -2.33. The van der Waals surface area contributed by atoms with E-state index in [-0.39, 0.29) is 0 Å². The molecule has 0 spiro atoms. The van der Waals surface area contributed by atoms with Crippen LogP contribution in [0.4, 0.5) is 0 Å². The van der Waals surface area contributed by atoms with E-state index in [1.54, 1.807) is 0 Å². The molecule has 88 valence electrons. The fourth-order valence-electron chi connectivity index (χ4n) is 1.47. The lowest BCUT2D eigenvalue weighted by atomic mass is 10.1. The Balaban J connectivity index is 2.48. The van der Waals surface area contributed by atoms with Crippen molar-refractivity contribution < 1.29 is 9.90 Å². The van der Waals surface area contributed by atoms with Gasteiger partial charge in [-0.25, -0.2) is 0 Å². The molecule has 0 aromatic heterocycles. The molecule has 0 N–H and O–H groups in total. The molecule has 0 bridgehead atoms. The number of rotatable bonds is 7. The maximum absolute atomic E-state index is 11.0. The minimum Gasteiger partial charge on any atom is -0.549 e. The summed E-state index contributed by atoms with van der Waals surface area (Å²) < 4.78 is 0. The Morgan fingerprint density at radius 2 is 2.00 bits per heavy atom. The lowest BCUT2D eigenvalue weighted by molar-refractivity contribution is -0.304. The van der Waals surface area contributed by atoms with E-state index >= 15 is 0 Å². The molecule has 0 aliphatic heterocycles. The van der Waals surface area contributed by atoms with Gasteiger partial charge in [0.25, 0.3) is 0 Å². The van der Waals surface area contributed by atoms with Gasteiger partial charge in [0.15, 0.2) is 0 Å². The van der Waals surface area contributed by atoms with Gasteiger partial charge >= 0.3 is 0 Å². The number of aliphatic carboxylic acids is 1.